The Balaban J connectivity index is 1.59. The standard InChI is InChI=1S/C23H25ClN2O2/c1-15-6-2-3-7-17(15)19-13-26(23(28)18-8-4-5-9-21(18)24)14-20(19)22(27)25-12-16-10-11-16/h2-9,16,19-20H,10-14H2,1H3,(H,25,27). The number of carbonyl (C=O) groups is 2. The number of carbonyl (C=O) groups excluding carboxylic acids is 2. The highest BCUT2D eigenvalue weighted by molar-refractivity contribution is 6.33. The molecule has 2 atom stereocenters. The van der Waals surface area contributed by atoms with Gasteiger partial charge in [0.2, 0.25) is 5.91 Å². The Morgan fingerprint density at radius 2 is 1.79 bits per heavy atom. The minimum atomic E-state index is -0.244. The second-order valence-corrected chi connectivity index (χ2v) is 8.36. The van der Waals surface area contributed by atoms with Crippen molar-refractivity contribution in [3.8, 4) is 0 Å². The van der Waals surface area contributed by atoms with Crippen molar-refractivity contribution in [3.05, 3.63) is 70.2 Å². The molecule has 5 heteroatoms. The van der Waals surface area contributed by atoms with Gasteiger partial charge >= 0.3 is 0 Å². The summed E-state index contributed by atoms with van der Waals surface area (Å²) in [6, 6.07) is 15.2. The molecule has 0 radical (unpaired) electrons. The van der Waals surface area contributed by atoms with E-state index in [0.29, 0.717) is 29.6 Å². The van der Waals surface area contributed by atoms with Crippen molar-refractivity contribution in [3.63, 3.8) is 0 Å². The third kappa shape index (κ3) is 3.93. The van der Waals surface area contributed by atoms with Crippen LogP contribution in [0.4, 0.5) is 0 Å². The van der Waals surface area contributed by atoms with Crippen LogP contribution in [0.15, 0.2) is 48.5 Å². The second-order valence-electron chi connectivity index (χ2n) is 7.95. The molecule has 2 amide bonds. The van der Waals surface area contributed by atoms with Crippen LogP contribution in [0.5, 0.6) is 0 Å². The zero-order chi connectivity index (χ0) is 19.7. The first-order chi connectivity index (χ1) is 13.5. The van der Waals surface area contributed by atoms with E-state index in [1.807, 2.05) is 24.3 Å². The topological polar surface area (TPSA) is 49.4 Å². The lowest BCUT2D eigenvalue weighted by Gasteiger charge is -2.20. The second kappa shape index (κ2) is 7.96. The van der Waals surface area contributed by atoms with Gasteiger partial charge in [-0.3, -0.25) is 9.59 Å². The average molecular weight is 397 g/mol. The minimum absolute atomic E-state index is 0.00755. The van der Waals surface area contributed by atoms with Gasteiger partial charge in [-0.15, -0.1) is 0 Å². The van der Waals surface area contributed by atoms with Crippen LogP contribution < -0.4 is 5.32 Å². The van der Waals surface area contributed by atoms with Gasteiger partial charge < -0.3 is 10.2 Å². The van der Waals surface area contributed by atoms with Gasteiger partial charge in [-0.25, -0.2) is 0 Å². The number of halogens is 1. The summed E-state index contributed by atoms with van der Waals surface area (Å²) in [5.74, 6) is 0.317. The fraction of sp³-hybridized carbons (Fsp3) is 0.391. The van der Waals surface area contributed by atoms with E-state index in [1.54, 1.807) is 17.0 Å². The SMILES string of the molecule is Cc1ccccc1C1CN(C(=O)c2ccccc2Cl)CC1C(=O)NCC1CC1. The number of amides is 2. The van der Waals surface area contributed by atoms with Crippen molar-refractivity contribution in [2.24, 2.45) is 11.8 Å². The number of hydrogen-bond donors (Lipinski definition) is 1. The quantitative estimate of drug-likeness (QED) is 0.829. The van der Waals surface area contributed by atoms with Crippen molar-refractivity contribution >= 4 is 23.4 Å². The molecule has 2 aromatic carbocycles. The van der Waals surface area contributed by atoms with Crippen LogP contribution in [0.2, 0.25) is 5.02 Å². The fourth-order valence-corrected chi connectivity index (χ4v) is 4.27. The number of likely N-dealkylation sites (tertiary alicyclic amines) is 1. The van der Waals surface area contributed by atoms with E-state index in [4.69, 9.17) is 11.6 Å². The molecule has 1 N–H and O–H groups in total. The lowest BCUT2D eigenvalue weighted by molar-refractivity contribution is -0.125. The van der Waals surface area contributed by atoms with E-state index in [0.717, 1.165) is 17.7 Å². The van der Waals surface area contributed by atoms with Crippen LogP contribution in [0, 0.1) is 18.8 Å². The molecule has 0 spiro atoms. The zero-order valence-corrected chi connectivity index (χ0v) is 16.8. The molecule has 1 aliphatic carbocycles. The highest BCUT2D eigenvalue weighted by Gasteiger charge is 2.41. The van der Waals surface area contributed by atoms with Crippen molar-refractivity contribution in [1.29, 1.82) is 0 Å². The number of rotatable bonds is 5. The van der Waals surface area contributed by atoms with Gasteiger partial charge in [-0.2, -0.15) is 0 Å². The minimum Gasteiger partial charge on any atom is -0.356 e. The van der Waals surface area contributed by atoms with Gasteiger partial charge in [0.15, 0.2) is 0 Å². The van der Waals surface area contributed by atoms with Gasteiger partial charge in [0, 0.05) is 25.6 Å². The molecular formula is C23H25ClN2O2. The van der Waals surface area contributed by atoms with E-state index in [9.17, 15) is 9.59 Å². The van der Waals surface area contributed by atoms with Crippen LogP contribution in [-0.2, 0) is 4.79 Å². The number of hydrogen-bond acceptors (Lipinski definition) is 2. The van der Waals surface area contributed by atoms with Gasteiger partial charge in [0.25, 0.3) is 5.91 Å². The van der Waals surface area contributed by atoms with Gasteiger partial charge in [0.05, 0.1) is 16.5 Å². The van der Waals surface area contributed by atoms with Crippen LogP contribution >= 0.6 is 11.6 Å². The predicted molar refractivity (Wildman–Crippen MR) is 110 cm³/mol. The zero-order valence-electron chi connectivity index (χ0n) is 16.0. The summed E-state index contributed by atoms with van der Waals surface area (Å²) in [6.45, 7) is 3.75. The molecule has 146 valence electrons. The molecule has 4 nitrogen and oxygen atoms in total. The first kappa shape index (κ1) is 19.0. The molecule has 1 heterocycles. The van der Waals surface area contributed by atoms with Gasteiger partial charge in [-0.05, 0) is 48.9 Å². The number of nitrogens with zero attached hydrogens (tertiary/aromatic N) is 1. The lowest BCUT2D eigenvalue weighted by Crippen LogP contribution is -2.36. The Morgan fingerprint density at radius 3 is 2.50 bits per heavy atom. The van der Waals surface area contributed by atoms with E-state index in [1.165, 1.54) is 12.8 Å². The molecule has 2 aromatic rings. The molecule has 1 saturated carbocycles. The molecule has 2 aliphatic rings. The molecule has 0 aromatic heterocycles. The maximum atomic E-state index is 13.1. The van der Waals surface area contributed by atoms with Crippen LogP contribution in [0.3, 0.4) is 0 Å². The third-order valence-corrected chi connectivity index (χ3v) is 6.23. The molecule has 2 fully saturated rings. The molecular weight excluding hydrogens is 372 g/mol. The summed E-state index contributed by atoms with van der Waals surface area (Å²) < 4.78 is 0. The Hall–Kier alpha value is -2.33. The van der Waals surface area contributed by atoms with Crippen LogP contribution in [0.1, 0.15) is 40.2 Å². The monoisotopic (exact) mass is 396 g/mol. The first-order valence-corrected chi connectivity index (χ1v) is 10.3. The number of aryl methyl sites for hydroxylation is 1. The van der Waals surface area contributed by atoms with Crippen LogP contribution in [0.25, 0.3) is 0 Å². The number of nitrogens with one attached hydrogen (secondary N) is 1. The largest absolute Gasteiger partial charge is 0.356 e. The van der Waals surface area contributed by atoms with E-state index in [-0.39, 0.29) is 23.7 Å². The molecule has 4 rings (SSSR count). The molecule has 1 aliphatic heterocycles. The summed E-state index contributed by atoms with van der Waals surface area (Å²) in [4.78, 5) is 27.8. The van der Waals surface area contributed by atoms with Crippen molar-refractivity contribution < 1.29 is 9.59 Å². The van der Waals surface area contributed by atoms with Crippen molar-refractivity contribution in [2.45, 2.75) is 25.7 Å². The molecule has 0 bridgehead atoms. The Kier molecular flexibility index (Phi) is 5.40. The van der Waals surface area contributed by atoms with Crippen molar-refractivity contribution in [1.82, 2.24) is 10.2 Å². The third-order valence-electron chi connectivity index (χ3n) is 5.90. The highest BCUT2D eigenvalue weighted by Crippen LogP contribution is 2.36. The van der Waals surface area contributed by atoms with Gasteiger partial charge in [-0.1, -0.05) is 48.0 Å². The lowest BCUT2D eigenvalue weighted by atomic mass is 9.86. The van der Waals surface area contributed by atoms with E-state index < -0.39 is 0 Å². The Bertz CT molecular complexity index is 894. The predicted octanol–water partition coefficient (Wildman–Crippen LogP) is 4.03. The Labute approximate surface area is 170 Å². The van der Waals surface area contributed by atoms with Crippen LogP contribution in [-0.4, -0.2) is 36.3 Å². The normalized spacial score (nSPS) is 21.6. The molecule has 28 heavy (non-hydrogen) atoms. The molecule has 1 saturated heterocycles. The maximum absolute atomic E-state index is 13.1. The van der Waals surface area contributed by atoms with E-state index >= 15 is 0 Å². The van der Waals surface area contributed by atoms with Gasteiger partial charge in [0.1, 0.15) is 0 Å². The number of benzene rings is 2. The highest BCUT2D eigenvalue weighted by atomic mass is 35.5. The Morgan fingerprint density at radius 1 is 1.07 bits per heavy atom. The first-order valence-electron chi connectivity index (χ1n) is 9.91. The summed E-state index contributed by atoms with van der Waals surface area (Å²) in [7, 11) is 0. The maximum Gasteiger partial charge on any atom is 0.255 e. The summed E-state index contributed by atoms with van der Waals surface area (Å²) in [6.07, 6.45) is 2.40. The summed E-state index contributed by atoms with van der Waals surface area (Å²) in [5.41, 5.74) is 2.79. The average Bonchev–Trinajstić information content (AvgIpc) is 3.43. The fourth-order valence-electron chi connectivity index (χ4n) is 4.06. The summed E-state index contributed by atoms with van der Waals surface area (Å²) in [5, 5.41) is 3.56. The van der Waals surface area contributed by atoms with Crippen molar-refractivity contribution in [2.75, 3.05) is 19.6 Å². The smallest absolute Gasteiger partial charge is 0.255 e. The van der Waals surface area contributed by atoms with E-state index in [2.05, 4.69) is 24.4 Å². The molecule has 2 unspecified atom stereocenters. The summed E-state index contributed by atoms with van der Waals surface area (Å²) >= 11 is 6.24.